The number of aliphatic hydroxyl groups is 1. The highest BCUT2D eigenvalue weighted by molar-refractivity contribution is 7.89. The van der Waals surface area contributed by atoms with Crippen molar-refractivity contribution in [2.45, 2.75) is 29.9 Å². The van der Waals surface area contributed by atoms with Gasteiger partial charge in [-0.05, 0) is 25.0 Å². The Kier molecular flexibility index (Phi) is 3.11. The predicted octanol–water partition coefficient (Wildman–Crippen LogP) is 0.536. The normalized spacial score (nSPS) is 24.6. The molecule has 5 nitrogen and oxygen atoms in total. The lowest BCUT2D eigenvalue weighted by Crippen LogP contribution is -2.47. The molecule has 1 aromatic carbocycles. The van der Waals surface area contributed by atoms with E-state index in [-0.39, 0.29) is 16.7 Å². The topological polar surface area (TPSA) is 77.8 Å². The Bertz CT molecular complexity index is 508. The lowest BCUT2D eigenvalue weighted by atomic mass is 9.90. The minimum atomic E-state index is -3.68. The van der Waals surface area contributed by atoms with Gasteiger partial charge in [0.25, 0.3) is 0 Å². The molecule has 1 aliphatic rings. The van der Waals surface area contributed by atoms with Gasteiger partial charge in [0.05, 0.1) is 6.10 Å². The number of sulfonamides is 1. The molecule has 1 fully saturated rings. The Hall–Kier alpha value is -1.11. The number of rotatable bonds is 3. The van der Waals surface area contributed by atoms with Gasteiger partial charge in [0, 0.05) is 13.1 Å². The lowest BCUT2D eigenvalue weighted by Gasteiger charge is -2.37. The van der Waals surface area contributed by atoms with Crippen LogP contribution in [0.5, 0.6) is 5.75 Å². The molecule has 2 rings (SSSR count). The molecular weight excluding hydrogens is 242 g/mol. The van der Waals surface area contributed by atoms with Gasteiger partial charge in [-0.25, -0.2) is 8.42 Å². The second-order valence-electron chi connectivity index (χ2n) is 4.27. The second kappa shape index (κ2) is 4.29. The van der Waals surface area contributed by atoms with E-state index in [4.69, 9.17) is 0 Å². The minimum absolute atomic E-state index is 0.0936. The van der Waals surface area contributed by atoms with E-state index in [0.717, 1.165) is 0 Å². The first-order chi connectivity index (χ1) is 7.93. The summed E-state index contributed by atoms with van der Waals surface area (Å²) in [5.74, 6) is -0.251. The van der Waals surface area contributed by atoms with Crippen LogP contribution in [0.25, 0.3) is 0 Å². The molecule has 2 N–H and O–H groups in total. The molecule has 0 heterocycles. The van der Waals surface area contributed by atoms with Crippen molar-refractivity contribution in [1.82, 2.24) is 4.31 Å². The van der Waals surface area contributed by atoms with Gasteiger partial charge in [0.1, 0.15) is 10.6 Å². The third-order valence-electron chi connectivity index (χ3n) is 3.12. The summed E-state index contributed by atoms with van der Waals surface area (Å²) in [7, 11) is -2.21. The predicted molar refractivity (Wildman–Crippen MR) is 62.1 cm³/mol. The first kappa shape index (κ1) is 12.3. The van der Waals surface area contributed by atoms with Gasteiger partial charge in [-0.15, -0.1) is 0 Å². The number of hydrogen-bond acceptors (Lipinski definition) is 4. The molecule has 1 saturated carbocycles. The number of para-hydroxylation sites is 1. The summed E-state index contributed by atoms with van der Waals surface area (Å²) in [5.41, 5.74) is 0. The van der Waals surface area contributed by atoms with Crippen LogP contribution in [0.15, 0.2) is 29.2 Å². The summed E-state index contributed by atoms with van der Waals surface area (Å²) >= 11 is 0. The molecular formula is C11H15NO4S. The van der Waals surface area contributed by atoms with E-state index in [2.05, 4.69) is 0 Å². The highest BCUT2D eigenvalue weighted by Gasteiger charge is 2.37. The van der Waals surface area contributed by atoms with Crippen molar-refractivity contribution in [1.29, 1.82) is 0 Å². The SMILES string of the molecule is CN(C1CC(O)C1)S(=O)(=O)c1ccccc1O. The summed E-state index contributed by atoms with van der Waals surface area (Å²) < 4.78 is 25.6. The molecule has 0 spiro atoms. The molecule has 0 bridgehead atoms. The zero-order valence-corrected chi connectivity index (χ0v) is 10.3. The van der Waals surface area contributed by atoms with Gasteiger partial charge in [0.15, 0.2) is 0 Å². The highest BCUT2D eigenvalue weighted by Crippen LogP contribution is 2.31. The van der Waals surface area contributed by atoms with Gasteiger partial charge in [-0.3, -0.25) is 0 Å². The first-order valence-electron chi connectivity index (χ1n) is 5.37. The van der Waals surface area contributed by atoms with Crippen molar-refractivity contribution in [3.05, 3.63) is 24.3 Å². The summed E-state index contributed by atoms with van der Waals surface area (Å²) in [6, 6.07) is 5.67. The fraction of sp³-hybridized carbons (Fsp3) is 0.455. The number of phenolic OH excluding ortho intramolecular Hbond substituents is 1. The van der Waals surface area contributed by atoms with E-state index in [9.17, 15) is 18.6 Å². The van der Waals surface area contributed by atoms with E-state index in [1.165, 1.54) is 23.5 Å². The van der Waals surface area contributed by atoms with E-state index >= 15 is 0 Å². The summed E-state index contributed by atoms with van der Waals surface area (Å²) in [5, 5.41) is 18.8. The van der Waals surface area contributed by atoms with Crippen LogP contribution in [0.4, 0.5) is 0 Å². The monoisotopic (exact) mass is 257 g/mol. The Labute approximate surface area is 100 Å². The molecule has 0 radical (unpaired) electrons. The van der Waals surface area contributed by atoms with Crippen LogP contribution >= 0.6 is 0 Å². The smallest absolute Gasteiger partial charge is 0.246 e. The van der Waals surface area contributed by atoms with E-state index in [0.29, 0.717) is 12.8 Å². The van der Waals surface area contributed by atoms with Crippen LogP contribution in [0, 0.1) is 0 Å². The van der Waals surface area contributed by atoms with E-state index < -0.39 is 16.1 Å². The van der Waals surface area contributed by atoms with Gasteiger partial charge < -0.3 is 10.2 Å². The average Bonchev–Trinajstić information content (AvgIpc) is 2.24. The van der Waals surface area contributed by atoms with Crippen molar-refractivity contribution in [2.75, 3.05) is 7.05 Å². The molecule has 94 valence electrons. The van der Waals surface area contributed by atoms with Crippen molar-refractivity contribution in [3.8, 4) is 5.75 Å². The number of nitrogens with zero attached hydrogens (tertiary/aromatic N) is 1. The molecule has 1 aromatic rings. The molecule has 17 heavy (non-hydrogen) atoms. The maximum atomic E-state index is 12.2. The molecule has 0 aromatic heterocycles. The maximum absolute atomic E-state index is 12.2. The van der Waals surface area contributed by atoms with Gasteiger partial charge in [-0.2, -0.15) is 4.31 Å². The lowest BCUT2D eigenvalue weighted by molar-refractivity contribution is 0.0396. The number of phenols is 1. The Morgan fingerprint density at radius 1 is 1.29 bits per heavy atom. The van der Waals surface area contributed by atoms with Crippen LogP contribution in [0.1, 0.15) is 12.8 Å². The minimum Gasteiger partial charge on any atom is -0.507 e. The van der Waals surface area contributed by atoms with Crippen LogP contribution in [-0.2, 0) is 10.0 Å². The quantitative estimate of drug-likeness (QED) is 0.828. The third-order valence-corrected chi connectivity index (χ3v) is 5.08. The van der Waals surface area contributed by atoms with Gasteiger partial charge in [-0.1, -0.05) is 12.1 Å². The molecule has 6 heteroatoms. The van der Waals surface area contributed by atoms with E-state index in [1.807, 2.05) is 0 Å². The van der Waals surface area contributed by atoms with Crippen molar-refractivity contribution >= 4 is 10.0 Å². The number of hydrogen-bond donors (Lipinski definition) is 2. The Morgan fingerprint density at radius 2 is 1.88 bits per heavy atom. The number of benzene rings is 1. The third kappa shape index (κ3) is 2.15. The van der Waals surface area contributed by atoms with Crippen LogP contribution in [0.3, 0.4) is 0 Å². The number of aromatic hydroxyl groups is 1. The zero-order valence-electron chi connectivity index (χ0n) is 9.44. The van der Waals surface area contributed by atoms with Crippen molar-refractivity contribution in [3.63, 3.8) is 0 Å². The molecule has 0 unspecified atom stereocenters. The molecule has 0 saturated heterocycles. The molecule has 0 amide bonds. The fourth-order valence-electron chi connectivity index (χ4n) is 1.88. The largest absolute Gasteiger partial charge is 0.507 e. The number of aliphatic hydroxyl groups excluding tert-OH is 1. The van der Waals surface area contributed by atoms with Gasteiger partial charge in [0.2, 0.25) is 10.0 Å². The Balaban J connectivity index is 2.28. The molecule has 1 aliphatic carbocycles. The fourth-order valence-corrected chi connectivity index (χ4v) is 3.34. The van der Waals surface area contributed by atoms with Crippen LogP contribution < -0.4 is 0 Å². The second-order valence-corrected chi connectivity index (χ2v) is 6.23. The summed E-state index contributed by atoms with van der Waals surface area (Å²) in [6.07, 6.45) is 0.481. The zero-order chi connectivity index (χ0) is 12.6. The average molecular weight is 257 g/mol. The Morgan fingerprint density at radius 3 is 2.41 bits per heavy atom. The van der Waals surface area contributed by atoms with E-state index in [1.54, 1.807) is 12.1 Å². The molecule has 0 aliphatic heterocycles. The highest BCUT2D eigenvalue weighted by atomic mass is 32.2. The van der Waals surface area contributed by atoms with Crippen molar-refractivity contribution < 1.29 is 18.6 Å². The summed E-state index contributed by atoms with van der Waals surface area (Å²) in [4.78, 5) is -0.0936. The van der Waals surface area contributed by atoms with Crippen LogP contribution in [-0.4, -0.2) is 42.1 Å². The van der Waals surface area contributed by atoms with Crippen LogP contribution in [0.2, 0.25) is 0 Å². The molecule has 0 atom stereocenters. The first-order valence-corrected chi connectivity index (χ1v) is 6.81. The van der Waals surface area contributed by atoms with Gasteiger partial charge >= 0.3 is 0 Å². The maximum Gasteiger partial charge on any atom is 0.246 e. The summed E-state index contributed by atoms with van der Waals surface area (Å²) in [6.45, 7) is 0. The standard InChI is InChI=1S/C11H15NO4S/c1-12(8-6-9(13)7-8)17(15,16)11-5-3-2-4-10(11)14/h2-5,8-9,13-14H,6-7H2,1H3. The van der Waals surface area contributed by atoms with Crippen molar-refractivity contribution in [2.24, 2.45) is 0 Å².